The van der Waals surface area contributed by atoms with Crippen molar-refractivity contribution in [1.82, 2.24) is 5.32 Å². The first kappa shape index (κ1) is 11.0. The molecule has 2 nitrogen and oxygen atoms in total. The van der Waals surface area contributed by atoms with Gasteiger partial charge < -0.3 is 10.4 Å². The van der Waals surface area contributed by atoms with Crippen LogP contribution in [0.3, 0.4) is 0 Å². The van der Waals surface area contributed by atoms with E-state index in [2.05, 4.69) is 12.2 Å². The van der Waals surface area contributed by atoms with Crippen molar-refractivity contribution in [1.29, 1.82) is 0 Å². The van der Waals surface area contributed by atoms with E-state index in [1.54, 1.807) is 0 Å². The minimum Gasteiger partial charge on any atom is -0.392 e. The zero-order chi connectivity index (χ0) is 9.68. The minimum absolute atomic E-state index is 0.213. The quantitative estimate of drug-likeness (QED) is 0.658. The molecule has 2 N–H and O–H groups in total. The fraction of sp³-hybridized carbons (Fsp3) is 1.00. The number of nitrogens with one attached hydrogen (secondary N) is 1. The summed E-state index contributed by atoms with van der Waals surface area (Å²) in [6, 6.07) is 0.636. The summed E-state index contributed by atoms with van der Waals surface area (Å²) in [5, 5.41) is 12.6. The van der Waals surface area contributed by atoms with Gasteiger partial charge in [0.25, 0.3) is 0 Å². The van der Waals surface area contributed by atoms with Gasteiger partial charge in [-0.15, -0.1) is 0 Å². The molecular weight excluding hydrogens is 162 g/mol. The van der Waals surface area contributed by atoms with Crippen molar-refractivity contribution in [3.63, 3.8) is 0 Å². The van der Waals surface area contributed by atoms with Gasteiger partial charge in [-0.25, -0.2) is 0 Å². The van der Waals surface area contributed by atoms with Crippen LogP contribution in [0.5, 0.6) is 0 Å². The highest BCUT2D eigenvalue weighted by molar-refractivity contribution is 4.77. The van der Waals surface area contributed by atoms with Crippen molar-refractivity contribution in [2.75, 3.05) is 6.54 Å². The minimum atomic E-state index is -0.213. The fourth-order valence-electron chi connectivity index (χ4n) is 2.12. The lowest BCUT2D eigenvalue weighted by atomic mass is 9.97. The van der Waals surface area contributed by atoms with Gasteiger partial charge in [0.05, 0.1) is 6.10 Å². The van der Waals surface area contributed by atoms with Crippen molar-refractivity contribution >= 4 is 0 Å². The highest BCUT2D eigenvalue weighted by Gasteiger charge is 2.19. The average molecular weight is 185 g/mol. The molecular formula is C11H23NO. The fourth-order valence-corrected chi connectivity index (χ4v) is 2.12. The Kier molecular flexibility index (Phi) is 4.74. The van der Waals surface area contributed by atoms with Crippen LogP contribution in [-0.4, -0.2) is 23.8 Å². The second kappa shape index (κ2) is 5.61. The molecule has 0 aromatic carbocycles. The molecule has 1 rings (SSSR count). The lowest BCUT2D eigenvalue weighted by Gasteiger charge is -2.23. The molecule has 0 bridgehead atoms. The zero-order valence-corrected chi connectivity index (χ0v) is 8.92. The Bertz CT molecular complexity index is 136. The van der Waals surface area contributed by atoms with E-state index in [1.807, 2.05) is 6.92 Å². The van der Waals surface area contributed by atoms with Gasteiger partial charge in [0.1, 0.15) is 0 Å². The molecule has 0 aliphatic heterocycles. The van der Waals surface area contributed by atoms with E-state index in [9.17, 15) is 5.11 Å². The van der Waals surface area contributed by atoms with Crippen LogP contribution >= 0.6 is 0 Å². The molecule has 2 heteroatoms. The van der Waals surface area contributed by atoms with Crippen LogP contribution < -0.4 is 5.32 Å². The van der Waals surface area contributed by atoms with Gasteiger partial charge in [-0.05, 0) is 25.7 Å². The third-order valence-corrected chi connectivity index (χ3v) is 3.04. The van der Waals surface area contributed by atoms with Gasteiger partial charge in [0, 0.05) is 12.6 Å². The zero-order valence-electron chi connectivity index (χ0n) is 8.92. The number of hydrogen-bond donors (Lipinski definition) is 2. The molecule has 1 aliphatic carbocycles. The summed E-state index contributed by atoms with van der Waals surface area (Å²) in [5.74, 6) is 0.779. The average Bonchev–Trinajstić information content (AvgIpc) is 2.27. The Labute approximate surface area is 81.7 Å². The maximum atomic E-state index is 9.18. The van der Waals surface area contributed by atoms with Crippen LogP contribution in [0.2, 0.25) is 0 Å². The molecule has 0 amide bonds. The Morgan fingerprint density at radius 1 is 1.31 bits per heavy atom. The van der Waals surface area contributed by atoms with Crippen molar-refractivity contribution in [2.45, 2.75) is 58.1 Å². The summed E-state index contributed by atoms with van der Waals surface area (Å²) in [6.45, 7) is 4.91. The Morgan fingerprint density at radius 2 is 2.00 bits per heavy atom. The third kappa shape index (κ3) is 4.10. The van der Waals surface area contributed by atoms with Crippen LogP contribution in [0.4, 0.5) is 0 Å². The van der Waals surface area contributed by atoms with Crippen LogP contribution in [0.25, 0.3) is 0 Å². The second-order valence-corrected chi connectivity index (χ2v) is 4.48. The summed E-state index contributed by atoms with van der Waals surface area (Å²) < 4.78 is 0. The maximum Gasteiger partial charge on any atom is 0.0636 e. The molecule has 3 atom stereocenters. The largest absolute Gasteiger partial charge is 0.392 e. The lowest BCUT2D eigenvalue weighted by molar-refractivity contribution is 0.179. The summed E-state index contributed by atoms with van der Waals surface area (Å²) >= 11 is 0. The predicted octanol–water partition coefficient (Wildman–Crippen LogP) is 1.93. The van der Waals surface area contributed by atoms with Crippen LogP contribution in [-0.2, 0) is 0 Å². The summed E-state index contributed by atoms with van der Waals surface area (Å²) in [5.41, 5.74) is 0. The molecule has 1 aliphatic rings. The highest BCUT2D eigenvalue weighted by atomic mass is 16.3. The number of hydrogen-bond acceptors (Lipinski definition) is 2. The number of aliphatic hydroxyl groups excluding tert-OH is 1. The molecule has 78 valence electrons. The van der Waals surface area contributed by atoms with E-state index in [0.29, 0.717) is 6.04 Å². The van der Waals surface area contributed by atoms with E-state index in [-0.39, 0.29) is 6.10 Å². The predicted molar refractivity (Wildman–Crippen MR) is 55.7 cm³/mol. The van der Waals surface area contributed by atoms with E-state index in [0.717, 1.165) is 12.5 Å². The molecule has 0 radical (unpaired) electrons. The van der Waals surface area contributed by atoms with Gasteiger partial charge in [-0.3, -0.25) is 0 Å². The van der Waals surface area contributed by atoms with Gasteiger partial charge in [-0.1, -0.05) is 26.2 Å². The van der Waals surface area contributed by atoms with Crippen LogP contribution in [0.15, 0.2) is 0 Å². The first-order valence-corrected chi connectivity index (χ1v) is 5.61. The second-order valence-electron chi connectivity index (χ2n) is 4.48. The summed E-state index contributed by atoms with van der Waals surface area (Å²) in [7, 11) is 0. The number of aliphatic hydroxyl groups is 1. The molecule has 13 heavy (non-hydrogen) atoms. The van der Waals surface area contributed by atoms with Crippen molar-refractivity contribution in [3.8, 4) is 0 Å². The van der Waals surface area contributed by atoms with Crippen LogP contribution in [0, 0.1) is 5.92 Å². The monoisotopic (exact) mass is 185 g/mol. The molecule has 2 unspecified atom stereocenters. The summed E-state index contributed by atoms with van der Waals surface area (Å²) in [6.07, 6.45) is 6.54. The van der Waals surface area contributed by atoms with E-state index >= 15 is 0 Å². The standard InChI is InChI=1S/C11H23NO/c1-9-6-4-3-5-7-11(9)12-8-10(2)13/h9-13H,3-8H2,1-2H3/t9?,10-,11?/m0/s1. The topological polar surface area (TPSA) is 32.3 Å². The van der Waals surface area contributed by atoms with Crippen LogP contribution in [0.1, 0.15) is 46.0 Å². The smallest absolute Gasteiger partial charge is 0.0636 e. The molecule has 0 aromatic rings. The van der Waals surface area contributed by atoms with E-state index in [1.165, 1.54) is 32.1 Å². The van der Waals surface area contributed by atoms with Crippen molar-refractivity contribution < 1.29 is 5.11 Å². The first-order valence-electron chi connectivity index (χ1n) is 5.61. The summed E-state index contributed by atoms with van der Waals surface area (Å²) in [4.78, 5) is 0. The molecule has 0 spiro atoms. The normalized spacial score (nSPS) is 32.5. The van der Waals surface area contributed by atoms with Gasteiger partial charge in [0.2, 0.25) is 0 Å². The molecule has 1 fully saturated rings. The SMILES string of the molecule is CC1CCCCCC1NC[C@H](C)O. The molecule has 0 aromatic heterocycles. The van der Waals surface area contributed by atoms with Gasteiger partial charge in [-0.2, -0.15) is 0 Å². The first-order chi connectivity index (χ1) is 6.20. The highest BCUT2D eigenvalue weighted by Crippen LogP contribution is 2.22. The molecule has 1 saturated carbocycles. The lowest BCUT2D eigenvalue weighted by Crippen LogP contribution is -2.38. The number of rotatable bonds is 3. The van der Waals surface area contributed by atoms with Crippen molar-refractivity contribution in [2.24, 2.45) is 5.92 Å². The Balaban J connectivity index is 2.27. The molecule has 0 saturated heterocycles. The van der Waals surface area contributed by atoms with E-state index < -0.39 is 0 Å². The third-order valence-electron chi connectivity index (χ3n) is 3.04. The maximum absolute atomic E-state index is 9.18. The Hall–Kier alpha value is -0.0800. The van der Waals surface area contributed by atoms with Gasteiger partial charge >= 0.3 is 0 Å². The molecule has 0 heterocycles. The van der Waals surface area contributed by atoms with Gasteiger partial charge in [0.15, 0.2) is 0 Å². The van der Waals surface area contributed by atoms with E-state index in [4.69, 9.17) is 0 Å². The Morgan fingerprint density at radius 3 is 2.69 bits per heavy atom. The van der Waals surface area contributed by atoms with Crippen molar-refractivity contribution in [3.05, 3.63) is 0 Å².